The number of ether oxygens (including phenoxy) is 1. The molecule has 1 aromatic heterocycles. The summed E-state index contributed by atoms with van der Waals surface area (Å²) in [4.78, 5) is 27.8. The second-order valence-corrected chi connectivity index (χ2v) is 8.20. The first-order chi connectivity index (χ1) is 14.7. The third-order valence-electron chi connectivity index (χ3n) is 6.11. The zero-order chi connectivity index (χ0) is 22.4. The fourth-order valence-corrected chi connectivity index (χ4v) is 4.48. The van der Waals surface area contributed by atoms with Crippen molar-refractivity contribution < 1.29 is 18.3 Å². The predicted molar refractivity (Wildman–Crippen MR) is 113 cm³/mol. The largest absolute Gasteiger partial charge is 0.379 e. The minimum Gasteiger partial charge on any atom is -0.379 e. The van der Waals surface area contributed by atoms with Crippen molar-refractivity contribution in [1.82, 2.24) is 14.8 Å². The number of hydrogen-bond acceptors (Lipinski definition) is 4. The van der Waals surface area contributed by atoms with Gasteiger partial charge in [0.05, 0.1) is 30.1 Å². The highest BCUT2D eigenvalue weighted by atomic mass is 35.5. The van der Waals surface area contributed by atoms with Gasteiger partial charge in [-0.2, -0.15) is 0 Å². The number of carbonyl (C=O) groups is 1. The monoisotopic (exact) mass is 449 g/mol. The number of carbonyl (C=O) groups excluding carboxylic acids is 1. The third-order valence-corrected chi connectivity index (χ3v) is 6.46. The first-order valence-electron chi connectivity index (χ1n) is 9.88. The molecule has 2 aromatic rings. The van der Waals surface area contributed by atoms with Crippen molar-refractivity contribution in [3.05, 3.63) is 74.2 Å². The van der Waals surface area contributed by atoms with Gasteiger partial charge in [-0.15, -0.1) is 0 Å². The Kier molecular flexibility index (Phi) is 5.61. The van der Waals surface area contributed by atoms with Crippen molar-refractivity contribution in [2.75, 3.05) is 20.3 Å². The molecule has 0 radical (unpaired) electrons. The van der Waals surface area contributed by atoms with E-state index < -0.39 is 28.0 Å². The van der Waals surface area contributed by atoms with Gasteiger partial charge in [0.2, 0.25) is 0 Å². The van der Waals surface area contributed by atoms with Gasteiger partial charge < -0.3 is 19.5 Å². The number of benzene rings is 1. The maximum atomic E-state index is 14.1. The van der Waals surface area contributed by atoms with E-state index in [1.54, 1.807) is 13.1 Å². The Balaban J connectivity index is 1.68. The van der Waals surface area contributed by atoms with Crippen molar-refractivity contribution in [2.24, 2.45) is 0 Å². The molecule has 4 rings (SSSR count). The lowest BCUT2D eigenvalue weighted by Crippen LogP contribution is -2.50. The SMILES string of the molecule is C=C1c2c(C)c(=O)c(C(=O)NCc3ccc(F)c(Cl)c3F)cn2[C@@H]2CCOC[C@H]2N1C. The number of rotatable bonds is 3. The minimum absolute atomic E-state index is 0.0222. The Morgan fingerprint density at radius 3 is 2.84 bits per heavy atom. The zero-order valence-corrected chi connectivity index (χ0v) is 17.9. The summed E-state index contributed by atoms with van der Waals surface area (Å²) in [6.45, 7) is 6.67. The van der Waals surface area contributed by atoms with Gasteiger partial charge in [0.25, 0.3) is 5.91 Å². The fourth-order valence-electron chi connectivity index (χ4n) is 4.30. The van der Waals surface area contributed by atoms with Crippen molar-refractivity contribution in [1.29, 1.82) is 0 Å². The van der Waals surface area contributed by atoms with Crippen molar-refractivity contribution in [3.8, 4) is 0 Å². The molecule has 1 amide bonds. The van der Waals surface area contributed by atoms with Gasteiger partial charge >= 0.3 is 0 Å². The number of hydrogen-bond donors (Lipinski definition) is 1. The second kappa shape index (κ2) is 8.09. The molecular weight excluding hydrogens is 428 g/mol. The van der Waals surface area contributed by atoms with Crippen LogP contribution in [-0.4, -0.2) is 41.7 Å². The Morgan fingerprint density at radius 2 is 2.10 bits per heavy atom. The number of nitrogens with zero attached hydrogens (tertiary/aromatic N) is 2. The molecule has 0 saturated carbocycles. The van der Waals surface area contributed by atoms with Crippen molar-refractivity contribution in [2.45, 2.75) is 32.0 Å². The van der Waals surface area contributed by atoms with Crippen molar-refractivity contribution in [3.63, 3.8) is 0 Å². The number of likely N-dealkylation sites (N-methyl/N-ethyl adjacent to an activating group) is 1. The molecule has 1 N–H and O–H groups in total. The second-order valence-electron chi connectivity index (χ2n) is 7.83. The van der Waals surface area contributed by atoms with Crippen LogP contribution in [0.1, 0.15) is 39.6 Å². The molecular formula is C22H22ClF2N3O3. The van der Waals surface area contributed by atoms with E-state index >= 15 is 0 Å². The lowest BCUT2D eigenvalue weighted by molar-refractivity contribution is 0.00624. The molecule has 164 valence electrons. The van der Waals surface area contributed by atoms with Crippen LogP contribution in [0.15, 0.2) is 29.7 Å². The quantitative estimate of drug-likeness (QED) is 0.730. The Labute approximate surface area is 183 Å². The summed E-state index contributed by atoms with van der Waals surface area (Å²) in [6.07, 6.45) is 2.28. The molecule has 2 atom stereocenters. The van der Waals surface area contributed by atoms with Crippen molar-refractivity contribution >= 4 is 23.2 Å². The van der Waals surface area contributed by atoms with E-state index in [-0.39, 0.29) is 29.8 Å². The van der Waals surface area contributed by atoms with E-state index in [2.05, 4.69) is 11.9 Å². The molecule has 31 heavy (non-hydrogen) atoms. The molecule has 2 aliphatic rings. The van der Waals surface area contributed by atoms with E-state index in [0.29, 0.717) is 30.2 Å². The third kappa shape index (κ3) is 3.53. The Bertz CT molecular complexity index is 1150. The van der Waals surface area contributed by atoms with Crippen LogP contribution in [0.2, 0.25) is 5.02 Å². The Morgan fingerprint density at radius 1 is 1.35 bits per heavy atom. The molecule has 0 aliphatic carbocycles. The van der Waals surface area contributed by atoms with E-state index in [1.165, 1.54) is 6.07 Å². The van der Waals surface area contributed by atoms with Crippen LogP contribution in [0.25, 0.3) is 5.70 Å². The molecule has 0 spiro atoms. The van der Waals surface area contributed by atoms with Crippen LogP contribution >= 0.6 is 11.6 Å². The van der Waals surface area contributed by atoms with Crippen LogP contribution in [0.5, 0.6) is 0 Å². The number of halogens is 3. The summed E-state index contributed by atoms with van der Waals surface area (Å²) < 4.78 is 35.0. The highest BCUT2D eigenvalue weighted by molar-refractivity contribution is 6.30. The number of aromatic nitrogens is 1. The van der Waals surface area contributed by atoms with Gasteiger partial charge in [0, 0.05) is 37.5 Å². The molecule has 1 saturated heterocycles. The number of amides is 1. The van der Waals surface area contributed by atoms with Crippen LogP contribution in [0.4, 0.5) is 8.78 Å². The average Bonchev–Trinajstić information content (AvgIpc) is 2.77. The maximum absolute atomic E-state index is 14.1. The normalized spacial score (nSPS) is 20.3. The van der Waals surface area contributed by atoms with E-state index in [1.807, 2.05) is 16.5 Å². The summed E-state index contributed by atoms with van der Waals surface area (Å²) in [5.74, 6) is -2.46. The average molecular weight is 450 g/mol. The Hall–Kier alpha value is -2.71. The van der Waals surface area contributed by atoms with E-state index in [0.717, 1.165) is 12.5 Å². The minimum atomic E-state index is -0.940. The fraction of sp³-hybridized carbons (Fsp3) is 0.364. The maximum Gasteiger partial charge on any atom is 0.257 e. The van der Waals surface area contributed by atoms with Gasteiger partial charge in [-0.05, 0) is 19.4 Å². The van der Waals surface area contributed by atoms with Gasteiger partial charge in [-0.3, -0.25) is 9.59 Å². The van der Waals surface area contributed by atoms with Crippen LogP contribution in [0, 0.1) is 18.6 Å². The summed E-state index contributed by atoms with van der Waals surface area (Å²) >= 11 is 5.59. The highest BCUT2D eigenvalue weighted by Crippen LogP contribution is 2.37. The van der Waals surface area contributed by atoms with Gasteiger partial charge in [0.15, 0.2) is 5.43 Å². The first kappa shape index (κ1) is 21.5. The molecule has 0 bridgehead atoms. The molecule has 1 fully saturated rings. The van der Waals surface area contributed by atoms with Gasteiger partial charge in [0.1, 0.15) is 22.2 Å². The standard InChI is InChI=1S/C22H22ClF2N3O3/c1-11-20-12(2)27(3)17-10-31-7-6-16(17)28(20)9-14(21(11)29)22(30)26-8-13-4-5-15(24)18(23)19(13)25/h4-5,9,16-17H,2,6-8,10H2,1,3H3,(H,26,30)/t16-,17-/m1/s1. The highest BCUT2D eigenvalue weighted by Gasteiger charge is 2.38. The number of nitrogens with one attached hydrogen (secondary N) is 1. The summed E-state index contributed by atoms with van der Waals surface area (Å²) in [6, 6.07) is 2.30. The lowest BCUT2D eigenvalue weighted by Gasteiger charge is -2.46. The number of fused-ring (bicyclic) bond motifs is 3. The molecule has 2 aliphatic heterocycles. The number of pyridine rings is 1. The van der Waals surface area contributed by atoms with Gasteiger partial charge in [-0.25, -0.2) is 8.78 Å². The van der Waals surface area contributed by atoms with Crippen LogP contribution in [-0.2, 0) is 11.3 Å². The van der Waals surface area contributed by atoms with Gasteiger partial charge in [-0.1, -0.05) is 24.2 Å². The zero-order valence-electron chi connectivity index (χ0n) is 17.2. The van der Waals surface area contributed by atoms with E-state index in [4.69, 9.17) is 16.3 Å². The topological polar surface area (TPSA) is 63.6 Å². The molecule has 9 heteroatoms. The van der Waals surface area contributed by atoms with Crippen LogP contribution in [0.3, 0.4) is 0 Å². The summed E-state index contributed by atoms with van der Waals surface area (Å²) in [5.41, 5.74) is 1.37. The summed E-state index contributed by atoms with van der Waals surface area (Å²) in [5, 5.41) is 1.90. The molecule has 1 aromatic carbocycles. The van der Waals surface area contributed by atoms with Crippen LogP contribution < -0.4 is 10.7 Å². The molecule has 0 unspecified atom stereocenters. The molecule has 3 heterocycles. The lowest BCUT2D eigenvalue weighted by atomic mass is 9.94. The molecule has 6 nitrogen and oxygen atoms in total. The first-order valence-corrected chi connectivity index (χ1v) is 10.3. The smallest absolute Gasteiger partial charge is 0.257 e. The van der Waals surface area contributed by atoms with E-state index in [9.17, 15) is 18.4 Å². The predicted octanol–water partition coefficient (Wildman–Crippen LogP) is 3.26. The summed E-state index contributed by atoms with van der Waals surface area (Å²) in [7, 11) is 1.92.